The molecular weight excluding hydrogens is 252 g/mol. The first-order valence-corrected chi connectivity index (χ1v) is 6.85. The molecule has 1 N–H and O–H groups in total. The van der Waals surface area contributed by atoms with Gasteiger partial charge < -0.3 is 9.84 Å². The van der Waals surface area contributed by atoms with Crippen molar-refractivity contribution < 1.29 is 14.6 Å². The first kappa shape index (κ1) is 13.5. The molecule has 0 spiro atoms. The topological polar surface area (TPSA) is 62.7 Å². The number of hydrogen-bond acceptors (Lipinski definition) is 5. The van der Waals surface area contributed by atoms with E-state index in [1.807, 2.05) is 13.8 Å². The fraction of sp³-hybridized carbons (Fsp3) is 0.667. The van der Waals surface area contributed by atoms with Crippen molar-refractivity contribution in [3.05, 3.63) is 15.6 Å². The molecule has 1 unspecified atom stereocenters. The van der Waals surface area contributed by atoms with Crippen molar-refractivity contribution in [2.75, 3.05) is 19.7 Å². The van der Waals surface area contributed by atoms with Crippen LogP contribution in [0.15, 0.2) is 0 Å². The third kappa shape index (κ3) is 3.51. The molecule has 1 atom stereocenters. The number of carbonyl (C=O) groups is 1. The van der Waals surface area contributed by atoms with Gasteiger partial charge in [-0.05, 0) is 13.8 Å². The van der Waals surface area contributed by atoms with E-state index < -0.39 is 5.97 Å². The van der Waals surface area contributed by atoms with Crippen molar-refractivity contribution >= 4 is 17.3 Å². The average Bonchev–Trinajstić information content (AvgIpc) is 2.57. The molecule has 5 nitrogen and oxygen atoms in total. The standard InChI is InChI=1S/C12H18N2O3S/c1-8-11(18-9(2)13-8)7-14-3-4-17-10(6-14)5-12(15)16/h10H,3-7H2,1-2H3,(H,15,16). The van der Waals surface area contributed by atoms with Gasteiger partial charge in [0.2, 0.25) is 0 Å². The van der Waals surface area contributed by atoms with E-state index in [4.69, 9.17) is 9.84 Å². The Morgan fingerprint density at radius 1 is 1.61 bits per heavy atom. The maximum absolute atomic E-state index is 10.7. The number of rotatable bonds is 4. The van der Waals surface area contributed by atoms with Crippen LogP contribution >= 0.6 is 11.3 Å². The van der Waals surface area contributed by atoms with Crippen molar-refractivity contribution in [3.8, 4) is 0 Å². The lowest BCUT2D eigenvalue weighted by Crippen LogP contribution is -2.42. The summed E-state index contributed by atoms with van der Waals surface area (Å²) in [5.41, 5.74) is 1.08. The molecule has 0 aromatic carbocycles. The molecule has 0 aliphatic carbocycles. The van der Waals surface area contributed by atoms with E-state index in [2.05, 4.69) is 9.88 Å². The Hall–Kier alpha value is -0.980. The van der Waals surface area contributed by atoms with Crippen LogP contribution in [-0.4, -0.2) is 46.8 Å². The smallest absolute Gasteiger partial charge is 0.306 e. The van der Waals surface area contributed by atoms with Gasteiger partial charge in [-0.25, -0.2) is 4.98 Å². The summed E-state index contributed by atoms with van der Waals surface area (Å²) in [5.74, 6) is -0.799. The van der Waals surface area contributed by atoms with Crippen molar-refractivity contribution in [1.82, 2.24) is 9.88 Å². The second-order valence-corrected chi connectivity index (χ2v) is 5.85. The number of aryl methyl sites for hydroxylation is 2. The summed E-state index contributed by atoms with van der Waals surface area (Å²) >= 11 is 1.71. The Balaban J connectivity index is 1.93. The van der Waals surface area contributed by atoms with E-state index in [1.54, 1.807) is 11.3 Å². The average molecular weight is 270 g/mol. The van der Waals surface area contributed by atoms with Crippen molar-refractivity contribution in [2.24, 2.45) is 0 Å². The van der Waals surface area contributed by atoms with E-state index in [1.165, 1.54) is 4.88 Å². The van der Waals surface area contributed by atoms with Gasteiger partial charge in [-0.2, -0.15) is 0 Å². The molecule has 2 heterocycles. The van der Waals surface area contributed by atoms with Crippen LogP contribution in [-0.2, 0) is 16.1 Å². The molecule has 2 rings (SSSR count). The van der Waals surface area contributed by atoms with Crippen LogP contribution in [0.25, 0.3) is 0 Å². The quantitative estimate of drug-likeness (QED) is 0.897. The predicted molar refractivity (Wildman–Crippen MR) is 68.9 cm³/mol. The summed E-state index contributed by atoms with van der Waals surface area (Å²) in [4.78, 5) is 18.6. The molecule has 1 aliphatic heterocycles. The predicted octanol–water partition coefficient (Wildman–Crippen LogP) is 1.44. The number of carboxylic acids is 1. The van der Waals surface area contributed by atoms with Gasteiger partial charge in [0, 0.05) is 24.5 Å². The number of ether oxygens (including phenoxy) is 1. The molecule has 1 fully saturated rings. The molecule has 1 aromatic heterocycles. The highest BCUT2D eigenvalue weighted by atomic mass is 32.1. The number of hydrogen-bond donors (Lipinski definition) is 1. The monoisotopic (exact) mass is 270 g/mol. The lowest BCUT2D eigenvalue weighted by molar-refractivity contribution is -0.142. The molecule has 0 radical (unpaired) electrons. The summed E-state index contributed by atoms with van der Waals surface area (Å²) in [6.45, 7) is 7.02. The zero-order valence-electron chi connectivity index (χ0n) is 10.7. The SMILES string of the molecule is Cc1nc(C)c(CN2CCOC(CC(=O)O)C2)s1. The maximum Gasteiger partial charge on any atom is 0.306 e. The zero-order valence-corrected chi connectivity index (χ0v) is 11.5. The van der Waals surface area contributed by atoms with Gasteiger partial charge in [-0.3, -0.25) is 9.69 Å². The molecule has 18 heavy (non-hydrogen) atoms. The van der Waals surface area contributed by atoms with Gasteiger partial charge in [0.05, 0.1) is 29.8 Å². The largest absolute Gasteiger partial charge is 0.481 e. The molecule has 100 valence electrons. The Morgan fingerprint density at radius 2 is 2.39 bits per heavy atom. The van der Waals surface area contributed by atoms with Gasteiger partial charge >= 0.3 is 5.97 Å². The van der Waals surface area contributed by atoms with Crippen LogP contribution in [0.5, 0.6) is 0 Å². The number of aromatic nitrogens is 1. The van der Waals surface area contributed by atoms with Gasteiger partial charge in [0.25, 0.3) is 0 Å². The van der Waals surface area contributed by atoms with Gasteiger partial charge in [0.15, 0.2) is 0 Å². The normalized spacial score (nSPS) is 21.1. The number of nitrogens with zero attached hydrogens (tertiary/aromatic N) is 2. The van der Waals surface area contributed by atoms with E-state index >= 15 is 0 Å². The lowest BCUT2D eigenvalue weighted by atomic mass is 10.2. The van der Waals surface area contributed by atoms with Crippen LogP contribution < -0.4 is 0 Å². The molecule has 0 amide bonds. The van der Waals surface area contributed by atoms with Crippen molar-refractivity contribution in [2.45, 2.75) is 32.9 Å². The zero-order chi connectivity index (χ0) is 13.1. The third-order valence-corrected chi connectivity index (χ3v) is 4.05. The molecule has 1 aromatic rings. The maximum atomic E-state index is 10.7. The first-order chi connectivity index (χ1) is 8.54. The first-order valence-electron chi connectivity index (χ1n) is 6.03. The van der Waals surface area contributed by atoms with Crippen LogP contribution in [0.2, 0.25) is 0 Å². The van der Waals surface area contributed by atoms with Crippen LogP contribution in [0, 0.1) is 13.8 Å². The fourth-order valence-corrected chi connectivity index (χ4v) is 3.15. The van der Waals surface area contributed by atoms with Crippen molar-refractivity contribution in [1.29, 1.82) is 0 Å². The summed E-state index contributed by atoms with van der Waals surface area (Å²) in [7, 11) is 0. The Bertz CT molecular complexity index is 433. The minimum absolute atomic E-state index is 0.0806. The van der Waals surface area contributed by atoms with Crippen molar-refractivity contribution in [3.63, 3.8) is 0 Å². The second kappa shape index (κ2) is 5.77. The number of thiazole rings is 1. The van der Waals surface area contributed by atoms with Gasteiger partial charge in [-0.15, -0.1) is 11.3 Å². The number of carboxylic acid groups (broad SMARTS) is 1. The Kier molecular flexibility index (Phi) is 4.31. The highest BCUT2D eigenvalue weighted by Crippen LogP contribution is 2.20. The summed E-state index contributed by atoms with van der Waals surface area (Å²) in [6.07, 6.45) is -0.109. The Morgan fingerprint density at radius 3 is 3.00 bits per heavy atom. The lowest BCUT2D eigenvalue weighted by Gasteiger charge is -2.31. The second-order valence-electron chi connectivity index (χ2n) is 4.57. The van der Waals surface area contributed by atoms with Gasteiger partial charge in [0.1, 0.15) is 0 Å². The van der Waals surface area contributed by atoms with Gasteiger partial charge in [-0.1, -0.05) is 0 Å². The minimum Gasteiger partial charge on any atom is -0.481 e. The summed E-state index contributed by atoms with van der Waals surface area (Å²) in [6, 6.07) is 0. The number of morpholine rings is 1. The highest BCUT2D eigenvalue weighted by Gasteiger charge is 2.23. The molecule has 1 aliphatic rings. The van der Waals surface area contributed by atoms with E-state index in [0.29, 0.717) is 13.2 Å². The van der Waals surface area contributed by atoms with E-state index in [9.17, 15) is 4.79 Å². The fourth-order valence-electron chi connectivity index (χ4n) is 2.17. The molecule has 6 heteroatoms. The molecule has 1 saturated heterocycles. The Labute approximate surface area is 110 Å². The highest BCUT2D eigenvalue weighted by molar-refractivity contribution is 7.11. The minimum atomic E-state index is -0.799. The molecule has 0 bridgehead atoms. The van der Waals surface area contributed by atoms with E-state index in [-0.39, 0.29) is 12.5 Å². The third-order valence-electron chi connectivity index (χ3n) is 2.99. The molecular formula is C12H18N2O3S. The summed E-state index contributed by atoms with van der Waals surface area (Å²) in [5, 5.41) is 9.86. The van der Waals surface area contributed by atoms with Crippen LogP contribution in [0.1, 0.15) is 22.0 Å². The molecule has 0 saturated carbocycles. The number of aliphatic carboxylic acids is 1. The summed E-state index contributed by atoms with van der Waals surface area (Å²) < 4.78 is 5.46. The van der Waals surface area contributed by atoms with Crippen LogP contribution in [0.3, 0.4) is 0 Å². The van der Waals surface area contributed by atoms with E-state index in [0.717, 1.165) is 23.8 Å². The van der Waals surface area contributed by atoms with Crippen LogP contribution in [0.4, 0.5) is 0 Å².